The van der Waals surface area contributed by atoms with E-state index < -0.39 is 6.04 Å². The van der Waals surface area contributed by atoms with Crippen LogP contribution in [0.1, 0.15) is 43.5 Å². The number of likely N-dealkylation sites (N-methyl/N-ethyl adjacent to an activating group) is 1. The molecule has 1 aliphatic heterocycles. The Labute approximate surface area is 275 Å². The van der Waals surface area contributed by atoms with Gasteiger partial charge < -0.3 is 19.1 Å². The molecule has 0 bridgehead atoms. The van der Waals surface area contributed by atoms with E-state index in [9.17, 15) is 9.59 Å². The number of ether oxygens (including phenoxy) is 3. The van der Waals surface area contributed by atoms with Gasteiger partial charge in [-0.3, -0.25) is 14.2 Å². The summed E-state index contributed by atoms with van der Waals surface area (Å²) >= 11 is 13.5. The van der Waals surface area contributed by atoms with Crippen molar-refractivity contribution in [2.24, 2.45) is 4.99 Å². The van der Waals surface area contributed by atoms with E-state index in [0.29, 0.717) is 66.6 Å². The maximum atomic E-state index is 14.1. The van der Waals surface area contributed by atoms with E-state index in [4.69, 9.17) is 42.4 Å². The van der Waals surface area contributed by atoms with Crippen molar-refractivity contribution < 1.29 is 19.0 Å². The van der Waals surface area contributed by atoms with Gasteiger partial charge in [-0.1, -0.05) is 52.7 Å². The molecule has 3 aromatic carbocycles. The first-order chi connectivity index (χ1) is 21.7. The minimum atomic E-state index is -0.767. The third kappa shape index (κ3) is 6.66. The Morgan fingerprint density at radius 1 is 1.00 bits per heavy atom. The van der Waals surface area contributed by atoms with Crippen molar-refractivity contribution in [1.82, 2.24) is 9.47 Å². The van der Waals surface area contributed by atoms with Crippen LogP contribution in [0.3, 0.4) is 0 Å². The molecule has 11 heteroatoms. The lowest BCUT2D eigenvalue weighted by Crippen LogP contribution is -2.43. The number of hydrogen-bond donors (Lipinski definition) is 0. The van der Waals surface area contributed by atoms with Gasteiger partial charge in [0, 0.05) is 34.3 Å². The van der Waals surface area contributed by atoms with Crippen molar-refractivity contribution in [3.8, 4) is 17.2 Å². The zero-order valence-corrected chi connectivity index (χ0v) is 27.9. The highest BCUT2D eigenvalue weighted by Crippen LogP contribution is 2.38. The molecular formula is C34H33Cl2N3O5S. The fraction of sp³-hybridized carbons (Fsp3) is 0.265. The van der Waals surface area contributed by atoms with Gasteiger partial charge in [-0.05, 0) is 74.9 Å². The topological polar surface area (TPSA) is 82.4 Å². The van der Waals surface area contributed by atoms with E-state index >= 15 is 0 Å². The van der Waals surface area contributed by atoms with E-state index in [0.717, 1.165) is 11.1 Å². The zero-order valence-electron chi connectivity index (χ0n) is 25.6. The highest BCUT2D eigenvalue weighted by Gasteiger charge is 2.36. The van der Waals surface area contributed by atoms with Gasteiger partial charge in [0.2, 0.25) is 0 Å². The maximum Gasteiger partial charge on any atom is 0.271 e. The number of nitrogens with zero attached hydrogens (tertiary/aromatic N) is 3. The first kappa shape index (κ1) is 32.3. The number of carbonyl (C=O) groups is 1. The molecular weight excluding hydrogens is 633 g/mol. The number of thiazole rings is 1. The highest BCUT2D eigenvalue weighted by molar-refractivity contribution is 7.07. The van der Waals surface area contributed by atoms with Gasteiger partial charge in [0.15, 0.2) is 4.80 Å². The highest BCUT2D eigenvalue weighted by atomic mass is 35.5. The summed E-state index contributed by atoms with van der Waals surface area (Å²) in [7, 11) is 3.14. The molecule has 8 nitrogen and oxygen atoms in total. The molecule has 0 spiro atoms. The van der Waals surface area contributed by atoms with Crippen LogP contribution in [0.4, 0.5) is 0 Å². The second-order valence-corrected chi connectivity index (χ2v) is 12.1. The van der Waals surface area contributed by atoms with E-state index in [1.807, 2.05) is 63.2 Å². The monoisotopic (exact) mass is 665 g/mol. The van der Waals surface area contributed by atoms with Crippen molar-refractivity contribution >= 4 is 46.5 Å². The van der Waals surface area contributed by atoms with Gasteiger partial charge in [-0.15, -0.1) is 0 Å². The Hall–Kier alpha value is -4.05. The Morgan fingerprint density at radius 2 is 1.71 bits per heavy atom. The average molecular weight is 667 g/mol. The molecule has 1 aliphatic rings. The molecule has 0 radical (unpaired) electrons. The second-order valence-electron chi connectivity index (χ2n) is 10.3. The van der Waals surface area contributed by atoms with Crippen LogP contribution in [0.5, 0.6) is 17.2 Å². The summed E-state index contributed by atoms with van der Waals surface area (Å²) in [5.41, 5.74) is 2.98. The van der Waals surface area contributed by atoms with Gasteiger partial charge in [0.25, 0.3) is 11.5 Å². The predicted octanol–water partition coefficient (Wildman–Crippen LogP) is 6.01. The van der Waals surface area contributed by atoms with Gasteiger partial charge in [-0.2, -0.15) is 0 Å². The summed E-state index contributed by atoms with van der Waals surface area (Å²) in [5, 5.41) is 1.10. The van der Waals surface area contributed by atoms with Crippen molar-refractivity contribution in [3.63, 3.8) is 0 Å². The van der Waals surface area contributed by atoms with Crippen molar-refractivity contribution in [2.75, 3.05) is 27.3 Å². The van der Waals surface area contributed by atoms with E-state index in [1.165, 1.54) is 11.3 Å². The number of carbonyl (C=O) groups excluding carboxylic acids is 1. The summed E-state index contributed by atoms with van der Waals surface area (Å²) in [5.74, 6) is 1.59. The Bertz CT molecular complexity index is 1950. The molecule has 234 valence electrons. The Morgan fingerprint density at radius 3 is 2.36 bits per heavy atom. The third-order valence-corrected chi connectivity index (χ3v) is 9.19. The molecule has 5 rings (SSSR count). The van der Waals surface area contributed by atoms with Crippen molar-refractivity contribution in [2.45, 2.75) is 33.4 Å². The Balaban J connectivity index is 1.56. The third-order valence-electron chi connectivity index (χ3n) is 7.62. The van der Waals surface area contributed by atoms with E-state index in [1.54, 1.807) is 48.0 Å². The summed E-state index contributed by atoms with van der Waals surface area (Å²) in [6.07, 6.45) is 1.81. The fourth-order valence-corrected chi connectivity index (χ4v) is 6.74. The molecule has 4 aromatic rings. The molecule has 0 saturated carbocycles. The molecule has 1 amide bonds. The number of aromatic nitrogens is 1. The van der Waals surface area contributed by atoms with Crippen LogP contribution < -0.4 is 29.1 Å². The van der Waals surface area contributed by atoms with Crippen molar-refractivity contribution in [3.05, 3.63) is 118 Å². The van der Waals surface area contributed by atoms with Gasteiger partial charge in [0.1, 0.15) is 29.9 Å². The number of fused-ring (bicyclic) bond motifs is 1. The predicted molar refractivity (Wildman–Crippen MR) is 178 cm³/mol. The first-order valence-corrected chi connectivity index (χ1v) is 16.0. The molecule has 0 N–H and O–H groups in total. The molecule has 1 aromatic heterocycles. The number of benzene rings is 3. The normalized spacial score (nSPS) is 14.6. The SMILES string of the molecule is CCN(CC)C(=O)C1=C(C)N=c2s/c(=C/c3ccc(OCc4ccc(Cl)cc4Cl)cc3)c(=O)n2[C@@H]1c1cc(OC)ccc1OC. The smallest absolute Gasteiger partial charge is 0.271 e. The van der Waals surface area contributed by atoms with Crippen LogP contribution in [0.2, 0.25) is 10.0 Å². The number of hydrogen-bond acceptors (Lipinski definition) is 7. The second kappa shape index (κ2) is 13.9. The maximum absolute atomic E-state index is 14.1. The molecule has 45 heavy (non-hydrogen) atoms. The molecule has 0 aliphatic carbocycles. The summed E-state index contributed by atoms with van der Waals surface area (Å²) < 4.78 is 19.2. The lowest BCUT2D eigenvalue weighted by Gasteiger charge is -2.30. The average Bonchev–Trinajstić information content (AvgIpc) is 3.34. The largest absolute Gasteiger partial charge is 0.497 e. The van der Waals surface area contributed by atoms with Crippen LogP contribution in [-0.4, -0.2) is 42.7 Å². The molecule has 0 unspecified atom stereocenters. The van der Waals surface area contributed by atoms with Gasteiger partial charge in [-0.25, -0.2) is 4.99 Å². The lowest BCUT2D eigenvalue weighted by molar-refractivity contribution is -0.127. The number of allylic oxidation sites excluding steroid dienone is 1. The summed E-state index contributed by atoms with van der Waals surface area (Å²) in [6.45, 7) is 6.99. The number of amides is 1. The summed E-state index contributed by atoms with van der Waals surface area (Å²) in [6, 6.07) is 17.3. The van der Waals surface area contributed by atoms with Crippen LogP contribution >= 0.6 is 34.5 Å². The lowest BCUT2D eigenvalue weighted by atomic mass is 9.93. The number of methoxy groups -OCH3 is 2. The molecule has 0 fully saturated rings. The van der Waals surface area contributed by atoms with Gasteiger partial charge >= 0.3 is 0 Å². The summed E-state index contributed by atoms with van der Waals surface area (Å²) in [4.78, 5) is 35.0. The van der Waals surface area contributed by atoms with Crippen molar-refractivity contribution in [1.29, 1.82) is 0 Å². The number of halogens is 2. The van der Waals surface area contributed by atoms with E-state index in [-0.39, 0.29) is 18.1 Å². The van der Waals surface area contributed by atoms with Crippen LogP contribution in [-0.2, 0) is 11.4 Å². The van der Waals surface area contributed by atoms with Gasteiger partial charge in [0.05, 0.1) is 30.0 Å². The van der Waals surface area contributed by atoms with Crippen LogP contribution in [0.25, 0.3) is 6.08 Å². The van der Waals surface area contributed by atoms with Crippen LogP contribution in [0, 0.1) is 0 Å². The first-order valence-electron chi connectivity index (χ1n) is 14.4. The zero-order chi connectivity index (χ0) is 32.2. The molecule has 2 heterocycles. The Kier molecular flexibility index (Phi) is 10.0. The minimum Gasteiger partial charge on any atom is -0.497 e. The minimum absolute atomic E-state index is 0.180. The molecule has 0 saturated heterocycles. The fourth-order valence-electron chi connectivity index (χ4n) is 5.24. The standard InChI is InChI=1S/C34H33Cl2N3O5S/c1-6-38(7-2)33(41)30-20(3)37-34-39(31(30)26-18-25(42-4)14-15-28(26)43-5)32(40)29(45-34)16-21-8-12-24(13-9-21)44-19-22-10-11-23(35)17-27(22)36/h8-18,31H,6-7,19H2,1-5H3/b29-16+/t31-/m1/s1. The number of rotatable bonds is 10. The quantitative estimate of drug-likeness (QED) is 0.207. The van der Waals surface area contributed by atoms with E-state index in [2.05, 4.69) is 0 Å². The molecule has 1 atom stereocenters. The van der Waals surface area contributed by atoms with Crippen LogP contribution in [0.15, 0.2) is 81.7 Å².